The number of terminal acetylenes is 1. The van der Waals surface area contributed by atoms with Crippen LogP contribution in [-0.4, -0.2) is 44.5 Å². The molecule has 2 rings (SSSR count). The smallest absolute Gasteiger partial charge is 0.341 e. The normalized spacial score (nSPS) is 15.1. The number of hydrogen-bond acceptors (Lipinski definition) is 4. The zero-order chi connectivity index (χ0) is 26.6. The molecule has 2 N–H and O–H groups in total. The minimum absolute atomic E-state index is 0.124. The number of nitrogens with one attached hydrogen (secondary N) is 2. The minimum Gasteiger partial charge on any atom is -0.341 e. The molecule has 0 aliphatic heterocycles. The highest BCUT2D eigenvalue weighted by Gasteiger charge is 2.43. The molecule has 190 valence electrons. The highest BCUT2D eigenvalue weighted by molar-refractivity contribution is 7.90. The molecule has 0 spiro atoms. The maximum Gasteiger partial charge on any atom is 0.407 e. The van der Waals surface area contributed by atoms with Crippen molar-refractivity contribution >= 4 is 15.7 Å². The van der Waals surface area contributed by atoms with Crippen LogP contribution in [0.2, 0.25) is 0 Å². The van der Waals surface area contributed by atoms with E-state index in [4.69, 9.17) is 6.42 Å². The summed E-state index contributed by atoms with van der Waals surface area (Å²) in [5.41, 5.74) is -0.919. The Morgan fingerprint density at radius 2 is 1.49 bits per heavy atom. The van der Waals surface area contributed by atoms with Gasteiger partial charge in [-0.2, -0.15) is 13.2 Å². The van der Waals surface area contributed by atoms with E-state index < -0.39 is 52.1 Å². The number of carbonyl (C=O) groups excluding carboxylic acids is 1. The fourth-order valence-corrected chi connectivity index (χ4v) is 4.04. The van der Waals surface area contributed by atoms with E-state index in [0.717, 1.165) is 6.26 Å². The van der Waals surface area contributed by atoms with Crippen LogP contribution in [0.5, 0.6) is 0 Å². The lowest BCUT2D eigenvalue weighted by atomic mass is 9.96. The summed E-state index contributed by atoms with van der Waals surface area (Å²) in [6.07, 6.45) is 1.02. The number of amides is 1. The van der Waals surface area contributed by atoms with E-state index in [9.17, 15) is 30.8 Å². The SMILES string of the molecule is C#CC(C)NC(=O)C(CC(C)(C)F)NC(c1ccc(-c2ccc(S(C)(=O)=O)cc2)cc1)C(F)(F)F. The van der Waals surface area contributed by atoms with Crippen molar-refractivity contribution in [3.8, 4) is 23.5 Å². The summed E-state index contributed by atoms with van der Waals surface area (Å²) < 4.78 is 79.5. The molecule has 0 heterocycles. The van der Waals surface area contributed by atoms with Gasteiger partial charge in [0.25, 0.3) is 0 Å². The molecule has 0 bridgehead atoms. The second-order valence-electron chi connectivity index (χ2n) is 8.93. The van der Waals surface area contributed by atoms with E-state index in [2.05, 4.69) is 16.6 Å². The molecule has 0 aliphatic rings. The van der Waals surface area contributed by atoms with Crippen LogP contribution >= 0.6 is 0 Å². The third kappa shape index (κ3) is 8.37. The van der Waals surface area contributed by atoms with Gasteiger partial charge in [-0.3, -0.25) is 10.1 Å². The van der Waals surface area contributed by atoms with Gasteiger partial charge in [-0.05, 0) is 49.6 Å². The molecule has 0 aliphatic carbocycles. The van der Waals surface area contributed by atoms with E-state index >= 15 is 0 Å². The number of benzene rings is 2. The van der Waals surface area contributed by atoms with Gasteiger partial charge in [0.15, 0.2) is 9.84 Å². The summed E-state index contributed by atoms with van der Waals surface area (Å²) in [4.78, 5) is 12.7. The average molecular weight is 513 g/mol. The summed E-state index contributed by atoms with van der Waals surface area (Å²) in [5.74, 6) is 1.42. The molecule has 0 aromatic heterocycles. The van der Waals surface area contributed by atoms with E-state index in [1.165, 1.54) is 57.2 Å². The van der Waals surface area contributed by atoms with Crippen molar-refractivity contribution in [2.75, 3.05) is 6.26 Å². The topological polar surface area (TPSA) is 75.3 Å². The maximum atomic E-state index is 14.3. The van der Waals surface area contributed by atoms with Crippen molar-refractivity contribution in [1.82, 2.24) is 10.6 Å². The molecule has 3 unspecified atom stereocenters. The van der Waals surface area contributed by atoms with Crippen LogP contribution in [0.1, 0.15) is 38.8 Å². The quantitative estimate of drug-likeness (QED) is 0.381. The predicted octanol–water partition coefficient (Wildman–Crippen LogP) is 4.59. The Bertz CT molecular complexity index is 1160. The standard InChI is InChI=1S/C25H28F4N2O3S/c1-6-16(2)30-23(32)21(15-24(3,4)26)31-22(25(27,28)29)19-9-7-17(8-10-19)18-11-13-20(14-12-18)35(5,33)34/h1,7-14,16,21-22,31H,15H2,2-5H3,(H,30,32). The fourth-order valence-electron chi connectivity index (χ4n) is 3.41. The Labute approximate surface area is 203 Å². The fraction of sp³-hybridized carbons (Fsp3) is 0.400. The lowest BCUT2D eigenvalue weighted by Gasteiger charge is -2.30. The van der Waals surface area contributed by atoms with Crippen molar-refractivity contribution < 1.29 is 30.8 Å². The van der Waals surface area contributed by atoms with Gasteiger partial charge < -0.3 is 5.32 Å². The molecule has 2 aromatic rings. The highest BCUT2D eigenvalue weighted by atomic mass is 32.2. The third-order valence-corrected chi connectivity index (χ3v) is 6.30. The largest absolute Gasteiger partial charge is 0.407 e. The number of sulfone groups is 1. The summed E-state index contributed by atoms with van der Waals surface area (Å²) in [6, 6.07) is 6.88. The zero-order valence-electron chi connectivity index (χ0n) is 19.8. The first-order chi connectivity index (χ1) is 16.0. The van der Waals surface area contributed by atoms with E-state index in [1.54, 1.807) is 12.1 Å². The van der Waals surface area contributed by atoms with Crippen LogP contribution in [-0.2, 0) is 14.6 Å². The van der Waals surface area contributed by atoms with Gasteiger partial charge in [0.05, 0.1) is 17.0 Å². The lowest BCUT2D eigenvalue weighted by Crippen LogP contribution is -2.52. The van der Waals surface area contributed by atoms with E-state index in [-0.39, 0.29) is 10.5 Å². The molecule has 0 saturated heterocycles. The summed E-state index contributed by atoms with van der Waals surface area (Å²) in [7, 11) is -3.38. The van der Waals surface area contributed by atoms with Gasteiger partial charge >= 0.3 is 6.18 Å². The summed E-state index contributed by atoms with van der Waals surface area (Å²) in [5, 5.41) is 4.66. The minimum atomic E-state index is -4.78. The molecule has 0 saturated carbocycles. The average Bonchev–Trinajstić information content (AvgIpc) is 2.74. The first kappa shape index (κ1) is 28.3. The molecule has 0 radical (unpaired) electrons. The molecule has 35 heavy (non-hydrogen) atoms. The number of halogens is 4. The molecular formula is C25H28F4N2O3S. The highest BCUT2D eigenvalue weighted by Crippen LogP contribution is 2.35. The second kappa shape index (κ2) is 10.8. The number of rotatable bonds is 9. The summed E-state index contributed by atoms with van der Waals surface area (Å²) in [6.45, 7) is 3.83. The molecule has 2 aromatic carbocycles. The number of alkyl halides is 4. The summed E-state index contributed by atoms with van der Waals surface area (Å²) >= 11 is 0. The van der Waals surface area contributed by atoms with Crippen LogP contribution in [0, 0.1) is 12.3 Å². The zero-order valence-corrected chi connectivity index (χ0v) is 20.6. The number of hydrogen-bond donors (Lipinski definition) is 2. The second-order valence-corrected chi connectivity index (χ2v) is 10.9. The Morgan fingerprint density at radius 3 is 1.89 bits per heavy atom. The monoisotopic (exact) mass is 512 g/mol. The van der Waals surface area contributed by atoms with Gasteiger partial charge in [-0.1, -0.05) is 42.3 Å². The Balaban J connectivity index is 2.35. The van der Waals surface area contributed by atoms with Crippen molar-refractivity contribution in [2.45, 2.75) is 62.1 Å². The van der Waals surface area contributed by atoms with Gasteiger partial charge in [-0.25, -0.2) is 12.8 Å². The van der Waals surface area contributed by atoms with Gasteiger partial charge in [0.2, 0.25) is 5.91 Å². The van der Waals surface area contributed by atoms with Crippen LogP contribution in [0.4, 0.5) is 17.6 Å². The molecule has 1 amide bonds. The predicted molar refractivity (Wildman–Crippen MR) is 127 cm³/mol. The molecular weight excluding hydrogens is 484 g/mol. The van der Waals surface area contributed by atoms with Crippen molar-refractivity contribution in [3.05, 3.63) is 54.1 Å². The first-order valence-corrected chi connectivity index (χ1v) is 12.6. The Morgan fingerprint density at radius 1 is 1.00 bits per heavy atom. The van der Waals surface area contributed by atoms with E-state index in [0.29, 0.717) is 11.1 Å². The number of carbonyl (C=O) groups is 1. The van der Waals surface area contributed by atoms with Crippen LogP contribution in [0.3, 0.4) is 0 Å². The lowest BCUT2D eigenvalue weighted by molar-refractivity contribution is -0.161. The molecule has 3 atom stereocenters. The van der Waals surface area contributed by atoms with Crippen molar-refractivity contribution in [2.24, 2.45) is 0 Å². The van der Waals surface area contributed by atoms with Crippen molar-refractivity contribution in [3.63, 3.8) is 0 Å². The molecule has 10 heteroatoms. The van der Waals surface area contributed by atoms with Gasteiger partial charge in [0, 0.05) is 12.7 Å². The van der Waals surface area contributed by atoms with Crippen LogP contribution in [0.15, 0.2) is 53.4 Å². The molecule has 5 nitrogen and oxygen atoms in total. The Hall–Kier alpha value is -2.90. The van der Waals surface area contributed by atoms with Crippen LogP contribution in [0.25, 0.3) is 11.1 Å². The van der Waals surface area contributed by atoms with E-state index in [1.807, 2.05) is 0 Å². The first-order valence-electron chi connectivity index (χ1n) is 10.7. The third-order valence-electron chi connectivity index (χ3n) is 5.17. The van der Waals surface area contributed by atoms with Crippen LogP contribution < -0.4 is 10.6 Å². The molecule has 0 fully saturated rings. The van der Waals surface area contributed by atoms with Gasteiger partial charge in [-0.15, -0.1) is 6.42 Å². The Kier molecular flexibility index (Phi) is 8.74. The van der Waals surface area contributed by atoms with Gasteiger partial charge in [0.1, 0.15) is 11.7 Å². The maximum absolute atomic E-state index is 14.3. The van der Waals surface area contributed by atoms with Crippen molar-refractivity contribution in [1.29, 1.82) is 0 Å².